The summed E-state index contributed by atoms with van der Waals surface area (Å²) >= 11 is 1.55. The van der Waals surface area contributed by atoms with Crippen LogP contribution in [0.4, 0.5) is 0 Å². The van der Waals surface area contributed by atoms with Gasteiger partial charge in [0.1, 0.15) is 0 Å². The van der Waals surface area contributed by atoms with Gasteiger partial charge in [0, 0.05) is 36.3 Å². The first-order valence-electron chi connectivity index (χ1n) is 10.6. The zero-order valence-electron chi connectivity index (χ0n) is 19.5. The van der Waals surface area contributed by atoms with E-state index in [2.05, 4.69) is 45.2 Å². The van der Waals surface area contributed by atoms with E-state index < -0.39 is 10.8 Å². The third-order valence-electron chi connectivity index (χ3n) is 4.43. The van der Waals surface area contributed by atoms with E-state index in [1.807, 2.05) is 50.4 Å². The van der Waals surface area contributed by atoms with Gasteiger partial charge in [0.25, 0.3) is 0 Å². The zero-order chi connectivity index (χ0) is 23.5. The molecule has 0 aliphatic heterocycles. The van der Waals surface area contributed by atoms with Gasteiger partial charge in [-0.1, -0.05) is 42.6 Å². The van der Waals surface area contributed by atoms with Gasteiger partial charge in [-0.3, -0.25) is 9.20 Å². The number of hydrogen-bond donors (Lipinski definition) is 2. The molecule has 2 rings (SSSR count). The average Bonchev–Trinajstić information content (AvgIpc) is 2.77. The summed E-state index contributed by atoms with van der Waals surface area (Å²) in [7, 11) is -1.30. The summed E-state index contributed by atoms with van der Waals surface area (Å²) in [5.41, 5.74) is 4.64. The highest BCUT2D eigenvalue weighted by molar-refractivity contribution is 8.13. The normalized spacial score (nSPS) is 12.9. The number of aromatic nitrogens is 2. The van der Waals surface area contributed by atoms with Crippen LogP contribution in [0.2, 0.25) is 0 Å². The Morgan fingerprint density at radius 2 is 2.06 bits per heavy atom. The summed E-state index contributed by atoms with van der Waals surface area (Å²) in [6, 6.07) is 10.3. The largest absolute Gasteiger partial charge is 0.389 e. The Hall–Kier alpha value is -2.45. The summed E-state index contributed by atoms with van der Waals surface area (Å²) in [6.07, 6.45) is 8.91. The lowest BCUT2D eigenvalue weighted by atomic mass is 9.99. The fourth-order valence-corrected chi connectivity index (χ4v) is 3.95. The van der Waals surface area contributed by atoms with E-state index in [1.165, 1.54) is 5.56 Å². The maximum atomic E-state index is 12.2. The molecular weight excluding hydrogens is 438 g/mol. The first-order valence-corrected chi connectivity index (χ1v) is 13.4. The lowest BCUT2D eigenvalue weighted by Gasteiger charge is -2.12. The monoisotopic (exact) mass is 471 g/mol. The maximum absolute atomic E-state index is 12.2. The number of nitrogens with one attached hydrogen (secondary N) is 2. The molecule has 0 fully saturated rings. The molecule has 0 aliphatic rings. The standard InChI is InChI=1S/C24H33N5OS2/c1-7-25-18(4)12-13-19-10-8-9-11-21(19)22-16-20(28-24(29-22)32(6)30)14-15-26-23(31-5)27-17(2)3/h8-11,14-17,25H,4,7,12-13H2,1-3,5-6H3,(H,26,27)/b15-14+. The molecule has 0 radical (unpaired) electrons. The van der Waals surface area contributed by atoms with Gasteiger partial charge in [0.15, 0.2) is 5.17 Å². The first kappa shape index (κ1) is 25.8. The van der Waals surface area contributed by atoms with Crippen molar-refractivity contribution in [3.63, 3.8) is 0 Å². The second-order valence-electron chi connectivity index (χ2n) is 7.42. The van der Waals surface area contributed by atoms with Gasteiger partial charge in [-0.2, -0.15) is 0 Å². The van der Waals surface area contributed by atoms with E-state index in [4.69, 9.17) is 0 Å². The minimum atomic E-state index is -1.30. The Balaban J connectivity index is 2.35. The van der Waals surface area contributed by atoms with Crippen LogP contribution in [0.25, 0.3) is 17.3 Å². The highest BCUT2D eigenvalue weighted by atomic mass is 32.2. The van der Waals surface area contributed by atoms with Gasteiger partial charge in [-0.15, -0.1) is 0 Å². The Labute approximate surface area is 198 Å². The minimum absolute atomic E-state index is 0.207. The van der Waals surface area contributed by atoms with Gasteiger partial charge in [-0.25, -0.2) is 9.97 Å². The number of allylic oxidation sites excluding steroid dienone is 1. The third-order valence-corrected chi connectivity index (χ3v) is 5.74. The van der Waals surface area contributed by atoms with Gasteiger partial charge < -0.3 is 10.6 Å². The van der Waals surface area contributed by atoms with Crippen LogP contribution in [0, 0.1) is 0 Å². The molecule has 1 unspecified atom stereocenters. The van der Waals surface area contributed by atoms with Crippen molar-refractivity contribution in [3.8, 4) is 11.3 Å². The average molecular weight is 472 g/mol. The molecule has 0 aliphatic carbocycles. The van der Waals surface area contributed by atoms with Crippen LogP contribution in [0.1, 0.15) is 38.4 Å². The molecule has 0 saturated heterocycles. The summed E-state index contributed by atoms with van der Waals surface area (Å²) in [4.78, 5) is 13.6. The van der Waals surface area contributed by atoms with Gasteiger partial charge in [-0.05, 0) is 57.6 Å². The topological polar surface area (TPSA) is 79.3 Å². The number of hydrogen-bond acceptors (Lipinski definition) is 6. The van der Waals surface area contributed by atoms with Crippen LogP contribution in [-0.4, -0.2) is 44.4 Å². The number of aliphatic imine (C=N–C) groups is 1. The van der Waals surface area contributed by atoms with E-state index in [9.17, 15) is 4.21 Å². The van der Waals surface area contributed by atoms with Crippen LogP contribution in [0.5, 0.6) is 0 Å². The summed E-state index contributed by atoms with van der Waals surface area (Å²) in [6.45, 7) is 11.1. The predicted molar refractivity (Wildman–Crippen MR) is 139 cm³/mol. The van der Waals surface area contributed by atoms with Crippen molar-refractivity contribution < 1.29 is 4.21 Å². The molecule has 1 atom stereocenters. The van der Waals surface area contributed by atoms with Crippen LogP contribution >= 0.6 is 11.8 Å². The quantitative estimate of drug-likeness (QED) is 0.299. The van der Waals surface area contributed by atoms with E-state index in [-0.39, 0.29) is 6.04 Å². The molecule has 0 amide bonds. The molecule has 0 spiro atoms. The highest BCUT2D eigenvalue weighted by Crippen LogP contribution is 2.25. The summed E-state index contributed by atoms with van der Waals surface area (Å²) in [5.74, 6) is 0. The zero-order valence-corrected chi connectivity index (χ0v) is 21.1. The van der Waals surface area contributed by atoms with Crippen LogP contribution in [-0.2, 0) is 17.2 Å². The van der Waals surface area contributed by atoms with Crippen LogP contribution < -0.4 is 10.6 Å². The maximum Gasteiger partial charge on any atom is 0.219 e. The molecule has 0 bridgehead atoms. The molecule has 1 heterocycles. The number of aryl methyl sites for hydroxylation is 1. The van der Waals surface area contributed by atoms with E-state index in [0.29, 0.717) is 10.9 Å². The lowest BCUT2D eigenvalue weighted by Crippen LogP contribution is -2.15. The van der Waals surface area contributed by atoms with Gasteiger partial charge in [0.2, 0.25) is 5.16 Å². The Morgan fingerprint density at radius 1 is 1.31 bits per heavy atom. The SMILES string of the molecule is C=C(CCc1ccccc1-c1cc(/C=C/NC(=NC(C)C)SC)nc(S(C)=O)n1)NCC. The molecule has 0 saturated carbocycles. The van der Waals surface area contributed by atoms with Crippen molar-refractivity contribution in [2.45, 2.75) is 44.8 Å². The molecule has 172 valence electrons. The number of rotatable bonds is 10. The molecule has 8 heteroatoms. The molecule has 32 heavy (non-hydrogen) atoms. The van der Waals surface area contributed by atoms with Crippen molar-refractivity contribution in [3.05, 3.63) is 60.1 Å². The summed E-state index contributed by atoms with van der Waals surface area (Å²) in [5, 5.41) is 7.61. The van der Waals surface area contributed by atoms with Gasteiger partial charge in [0.05, 0.1) is 22.2 Å². The Morgan fingerprint density at radius 3 is 2.72 bits per heavy atom. The smallest absolute Gasteiger partial charge is 0.219 e. The van der Waals surface area contributed by atoms with E-state index >= 15 is 0 Å². The van der Waals surface area contributed by atoms with Crippen LogP contribution in [0.15, 0.2) is 59.0 Å². The van der Waals surface area contributed by atoms with Crippen molar-refractivity contribution in [2.24, 2.45) is 4.99 Å². The number of amidine groups is 1. The number of nitrogens with zero attached hydrogens (tertiary/aromatic N) is 3. The lowest BCUT2D eigenvalue weighted by molar-refractivity contribution is 0.679. The third kappa shape index (κ3) is 8.24. The molecule has 2 aromatic rings. The van der Waals surface area contributed by atoms with E-state index in [0.717, 1.165) is 41.5 Å². The molecule has 6 nitrogen and oxygen atoms in total. The second-order valence-corrected chi connectivity index (χ2v) is 9.48. The Bertz CT molecular complexity index is 1000. The first-order chi connectivity index (χ1) is 15.3. The predicted octanol–water partition coefficient (Wildman–Crippen LogP) is 4.62. The molecular formula is C24H33N5OS2. The van der Waals surface area contributed by atoms with Gasteiger partial charge >= 0.3 is 0 Å². The minimum Gasteiger partial charge on any atom is -0.389 e. The van der Waals surface area contributed by atoms with Crippen molar-refractivity contribution in [2.75, 3.05) is 19.1 Å². The van der Waals surface area contributed by atoms with Crippen molar-refractivity contribution in [1.82, 2.24) is 20.6 Å². The van der Waals surface area contributed by atoms with Crippen molar-refractivity contribution >= 4 is 33.8 Å². The fraction of sp³-hybridized carbons (Fsp3) is 0.375. The molecule has 2 N–H and O–H groups in total. The van der Waals surface area contributed by atoms with E-state index in [1.54, 1.807) is 24.2 Å². The molecule has 1 aromatic carbocycles. The fourth-order valence-electron chi connectivity index (χ4n) is 2.99. The molecule has 1 aromatic heterocycles. The second kappa shape index (κ2) is 13.2. The summed E-state index contributed by atoms with van der Waals surface area (Å²) < 4.78 is 12.2. The van der Waals surface area contributed by atoms with Crippen molar-refractivity contribution in [1.29, 1.82) is 0 Å². The Kier molecular flexibility index (Phi) is 10.6. The highest BCUT2D eigenvalue weighted by Gasteiger charge is 2.12. The number of thioether (sulfide) groups is 1. The number of benzene rings is 1. The van der Waals surface area contributed by atoms with Crippen LogP contribution in [0.3, 0.4) is 0 Å².